The number of carbonyl (C=O) groups is 1. The third-order valence-electron chi connectivity index (χ3n) is 3.37. The summed E-state index contributed by atoms with van der Waals surface area (Å²) >= 11 is 6.11. The first-order chi connectivity index (χ1) is 13.1. The predicted octanol–water partition coefficient (Wildman–Crippen LogP) is 1.95. The van der Waals surface area contributed by atoms with Crippen molar-refractivity contribution in [2.45, 2.75) is 6.92 Å². The topological polar surface area (TPSA) is 126 Å². The van der Waals surface area contributed by atoms with E-state index in [0.717, 1.165) is 0 Å². The fourth-order valence-electron chi connectivity index (χ4n) is 2.19. The lowest BCUT2D eigenvalue weighted by atomic mass is 10.2. The van der Waals surface area contributed by atoms with Gasteiger partial charge >= 0.3 is 0 Å². The Labute approximate surface area is 159 Å². The molecule has 0 aliphatic rings. The first-order valence-corrected chi connectivity index (χ1v) is 8.40. The van der Waals surface area contributed by atoms with Crippen LogP contribution >= 0.6 is 11.6 Å². The number of aliphatic hydroxyl groups excluding tert-OH is 1. The molecule has 0 spiro atoms. The van der Waals surface area contributed by atoms with Crippen LogP contribution in [0, 0.1) is 6.92 Å². The van der Waals surface area contributed by atoms with Crippen LogP contribution in [0.3, 0.4) is 0 Å². The number of anilines is 2. The highest BCUT2D eigenvalue weighted by molar-refractivity contribution is 6.33. The van der Waals surface area contributed by atoms with Crippen molar-refractivity contribution in [3.05, 3.63) is 53.1 Å². The number of carbonyl (C=O) groups excluding carboxylic acids is 1. The summed E-state index contributed by atoms with van der Waals surface area (Å²) in [7, 11) is 0. The van der Waals surface area contributed by atoms with Gasteiger partial charge in [0.1, 0.15) is 17.3 Å². The fraction of sp³-hybridized carbons (Fsp3) is 0.176. The lowest BCUT2D eigenvalue weighted by Crippen LogP contribution is -2.16. The van der Waals surface area contributed by atoms with Crippen molar-refractivity contribution in [3.63, 3.8) is 0 Å². The van der Waals surface area contributed by atoms with Crippen molar-refractivity contribution in [2.24, 2.45) is 0 Å². The number of halogens is 1. The van der Waals surface area contributed by atoms with Crippen LogP contribution in [-0.4, -0.2) is 49.1 Å². The Morgan fingerprint density at radius 2 is 2.07 bits per heavy atom. The van der Waals surface area contributed by atoms with E-state index in [2.05, 4.69) is 35.6 Å². The summed E-state index contributed by atoms with van der Waals surface area (Å²) < 4.78 is 0. The molecule has 0 saturated heterocycles. The molecule has 3 heterocycles. The monoisotopic (exact) mass is 385 g/mol. The number of aliphatic hydroxyl groups is 1. The number of amides is 1. The minimum absolute atomic E-state index is 0.0580. The van der Waals surface area contributed by atoms with Crippen molar-refractivity contribution >= 4 is 29.3 Å². The van der Waals surface area contributed by atoms with Crippen LogP contribution in [0.4, 0.5) is 11.8 Å². The molecule has 0 bridgehead atoms. The highest BCUT2D eigenvalue weighted by atomic mass is 35.5. The summed E-state index contributed by atoms with van der Waals surface area (Å²) in [6.07, 6.45) is 3.00. The van der Waals surface area contributed by atoms with Crippen LogP contribution in [0.25, 0.3) is 11.5 Å². The Morgan fingerprint density at radius 3 is 2.78 bits per heavy atom. The van der Waals surface area contributed by atoms with Gasteiger partial charge in [-0.05, 0) is 25.1 Å². The summed E-state index contributed by atoms with van der Waals surface area (Å²) in [6, 6.07) is 6.84. The molecule has 0 atom stereocenters. The largest absolute Gasteiger partial charge is 0.395 e. The second-order valence-corrected chi connectivity index (χ2v) is 5.81. The van der Waals surface area contributed by atoms with E-state index in [0.29, 0.717) is 29.7 Å². The van der Waals surface area contributed by atoms with Crippen molar-refractivity contribution in [1.82, 2.24) is 24.9 Å². The minimum atomic E-state index is -0.462. The maximum Gasteiger partial charge on any atom is 0.259 e. The van der Waals surface area contributed by atoms with Crippen molar-refractivity contribution in [3.8, 4) is 11.5 Å². The zero-order chi connectivity index (χ0) is 19.2. The molecule has 0 aliphatic heterocycles. The van der Waals surface area contributed by atoms with Gasteiger partial charge in [0.25, 0.3) is 5.91 Å². The molecule has 1 amide bonds. The van der Waals surface area contributed by atoms with E-state index in [1.165, 1.54) is 12.3 Å². The molecule has 138 valence electrons. The van der Waals surface area contributed by atoms with Gasteiger partial charge in [-0.1, -0.05) is 17.7 Å². The summed E-state index contributed by atoms with van der Waals surface area (Å²) in [5.74, 6) is 0.830. The number of hydrogen-bond donors (Lipinski definition) is 3. The van der Waals surface area contributed by atoms with E-state index >= 15 is 0 Å². The first kappa shape index (κ1) is 18.6. The molecule has 0 radical (unpaired) electrons. The minimum Gasteiger partial charge on any atom is -0.395 e. The molecule has 9 nitrogen and oxygen atoms in total. The molecule has 27 heavy (non-hydrogen) atoms. The van der Waals surface area contributed by atoms with E-state index in [-0.39, 0.29) is 23.1 Å². The zero-order valence-corrected chi connectivity index (χ0v) is 15.1. The molecule has 0 fully saturated rings. The lowest BCUT2D eigenvalue weighted by Gasteiger charge is -2.09. The fourth-order valence-corrected chi connectivity index (χ4v) is 2.42. The van der Waals surface area contributed by atoms with Gasteiger partial charge in [0, 0.05) is 18.9 Å². The highest BCUT2D eigenvalue weighted by Crippen LogP contribution is 2.20. The van der Waals surface area contributed by atoms with Gasteiger partial charge in [-0.15, -0.1) is 0 Å². The van der Waals surface area contributed by atoms with Crippen LogP contribution in [-0.2, 0) is 0 Å². The van der Waals surface area contributed by atoms with Crippen LogP contribution in [0.5, 0.6) is 0 Å². The smallest absolute Gasteiger partial charge is 0.259 e. The first-order valence-electron chi connectivity index (χ1n) is 8.02. The van der Waals surface area contributed by atoms with E-state index < -0.39 is 5.91 Å². The molecule has 0 saturated carbocycles. The highest BCUT2D eigenvalue weighted by Gasteiger charge is 2.13. The number of pyridine rings is 2. The molecule has 10 heteroatoms. The molecule has 3 aromatic heterocycles. The number of rotatable bonds is 6. The number of nitrogens with zero attached hydrogens (tertiary/aromatic N) is 5. The lowest BCUT2D eigenvalue weighted by molar-refractivity contribution is 0.102. The number of aromatic nitrogens is 5. The second kappa shape index (κ2) is 8.47. The van der Waals surface area contributed by atoms with Crippen molar-refractivity contribution < 1.29 is 9.90 Å². The Kier molecular flexibility index (Phi) is 5.84. The molecular formula is C17H16ClN7O2. The maximum atomic E-state index is 12.5. The van der Waals surface area contributed by atoms with Gasteiger partial charge in [-0.3, -0.25) is 15.1 Å². The molecule has 0 aromatic carbocycles. The predicted molar refractivity (Wildman–Crippen MR) is 101 cm³/mol. The average molecular weight is 386 g/mol. The van der Waals surface area contributed by atoms with Crippen molar-refractivity contribution in [2.75, 3.05) is 23.8 Å². The van der Waals surface area contributed by atoms with Crippen molar-refractivity contribution in [1.29, 1.82) is 0 Å². The summed E-state index contributed by atoms with van der Waals surface area (Å²) in [5, 5.41) is 14.6. The van der Waals surface area contributed by atoms with E-state index in [1.807, 2.05) is 6.07 Å². The Balaban J connectivity index is 1.80. The zero-order valence-electron chi connectivity index (χ0n) is 14.3. The van der Waals surface area contributed by atoms with Crippen LogP contribution in [0.1, 0.15) is 16.2 Å². The number of nitrogens with one attached hydrogen (secondary N) is 2. The maximum absolute atomic E-state index is 12.5. The molecule has 3 aromatic rings. The van der Waals surface area contributed by atoms with E-state index in [9.17, 15) is 4.79 Å². The normalized spacial score (nSPS) is 10.5. The summed E-state index contributed by atoms with van der Waals surface area (Å²) in [5.41, 5.74) is 0.814. The molecular weight excluding hydrogens is 370 g/mol. The summed E-state index contributed by atoms with van der Waals surface area (Å²) in [6.45, 7) is 1.94. The quantitative estimate of drug-likeness (QED) is 0.587. The number of aryl methyl sites for hydroxylation is 1. The average Bonchev–Trinajstić information content (AvgIpc) is 2.67. The van der Waals surface area contributed by atoms with E-state index in [4.69, 9.17) is 16.7 Å². The van der Waals surface area contributed by atoms with Gasteiger partial charge < -0.3 is 10.4 Å². The standard InChI is InChI=1S/C17H16ClN7O2/c1-10-22-15(13-4-2-3-5-19-13)24-17(23-10)25-16(27)11-8-12(18)14(21-9-11)20-6-7-26/h2-5,8-9,26H,6-7H2,1H3,(H,20,21)(H,22,23,24,25,27). The molecule has 0 unspecified atom stereocenters. The van der Waals surface area contributed by atoms with Crippen LogP contribution in [0.2, 0.25) is 5.02 Å². The Morgan fingerprint density at radius 1 is 1.22 bits per heavy atom. The van der Waals surface area contributed by atoms with Gasteiger partial charge in [-0.2, -0.15) is 9.97 Å². The number of hydrogen-bond acceptors (Lipinski definition) is 8. The van der Waals surface area contributed by atoms with Gasteiger partial charge in [-0.25, -0.2) is 9.97 Å². The summed E-state index contributed by atoms with van der Waals surface area (Å²) in [4.78, 5) is 33.4. The van der Waals surface area contributed by atoms with Gasteiger partial charge in [0.05, 0.1) is 17.2 Å². The molecule has 0 aliphatic carbocycles. The SMILES string of the molecule is Cc1nc(NC(=O)c2cnc(NCCO)c(Cl)c2)nc(-c2ccccn2)n1. The Bertz CT molecular complexity index is 953. The van der Waals surface area contributed by atoms with Crippen LogP contribution < -0.4 is 10.6 Å². The Hall–Kier alpha value is -3.17. The van der Waals surface area contributed by atoms with Gasteiger partial charge in [0.15, 0.2) is 5.82 Å². The van der Waals surface area contributed by atoms with E-state index in [1.54, 1.807) is 25.3 Å². The van der Waals surface area contributed by atoms with Crippen LogP contribution in [0.15, 0.2) is 36.7 Å². The molecule has 3 rings (SSSR count). The van der Waals surface area contributed by atoms with Gasteiger partial charge in [0.2, 0.25) is 5.95 Å². The molecule has 3 N–H and O–H groups in total. The third-order valence-corrected chi connectivity index (χ3v) is 3.66. The third kappa shape index (κ3) is 4.72. The second-order valence-electron chi connectivity index (χ2n) is 5.40.